The van der Waals surface area contributed by atoms with Crippen molar-refractivity contribution >= 4 is 23.2 Å². The Balaban J connectivity index is 1.50. The lowest BCUT2D eigenvalue weighted by molar-refractivity contribution is -0.134. The fourth-order valence-corrected chi connectivity index (χ4v) is 5.37. The zero-order chi connectivity index (χ0) is 21.0. The number of aromatic nitrogens is 1. The lowest BCUT2D eigenvalue weighted by Crippen LogP contribution is -2.54. The van der Waals surface area contributed by atoms with Gasteiger partial charge in [-0.15, -0.1) is 11.3 Å². The Bertz CT molecular complexity index is 913. The van der Waals surface area contributed by atoms with E-state index in [0.29, 0.717) is 31.1 Å². The van der Waals surface area contributed by atoms with Crippen molar-refractivity contribution in [3.63, 3.8) is 0 Å². The molecule has 1 atom stereocenters. The number of para-hydroxylation sites is 1. The third-order valence-electron chi connectivity index (χ3n) is 6.25. The standard InChI is InChI=1S/C23H29N3O3S/c1-17-20(30-16-25-17)21(27)26-13-6-11-23(15-26)10-5-4-8-18-7-2-3-9-19(18)29-14-12-24-22(23)28/h2-3,7,9,16H,4-6,8,10-15H2,1H3,(H,24,28). The molecule has 1 aromatic carbocycles. The van der Waals surface area contributed by atoms with Crippen LogP contribution in [-0.2, 0) is 11.2 Å². The van der Waals surface area contributed by atoms with Crippen molar-refractivity contribution in [2.75, 3.05) is 26.2 Å². The summed E-state index contributed by atoms with van der Waals surface area (Å²) in [6.45, 7) is 3.95. The molecule has 1 spiro atoms. The van der Waals surface area contributed by atoms with Crippen molar-refractivity contribution in [1.29, 1.82) is 0 Å². The highest BCUT2D eigenvalue weighted by Gasteiger charge is 2.43. The zero-order valence-corrected chi connectivity index (χ0v) is 18.3. The SMILES string of the molecule is Cc1ncsc1C(=O)N1CCCC2(CCCCc3ccccc3OCCNC2=O)C1. The molecule has 0 radical (unpaired) electrons. The number of rotatable bonds is 1. The molecule has 160 valence electrons. The first-order valence-corrected chi connectivity index (χ1v) is 11.7. The number of aryl methyl sites for hydroxylation is 2. The summed E-state index contributed by atoms with van der Waals surface area (Å²) in [7, 11) is 0. The largest absolute Gasteiger partial charge is 0.491 e. The molecule has 0 aliphatic carbocycles. The summed E-state index contributed by atoms with van der Waals surface area (Å²) >= 11 is 1.38. The molecule has 30 heavy (non-hydrogen) atoms. The number of ether oxygens (including phenoxy) is 1. The van der Waals surface area contributed by atoms with Crippen LogP contribution >= 0.6 is 11.3 Å². The van der Waals surface area contributed by atoms with E-state index >= 15 is 0 Å². The number of thiazole rings is 1. The molecule has 0 bridgehead atoms. The van der Waals surface area contributed by atoms with Gasteiger partial charge in [0.25, 0.3) is 5.91 Å². The van der Waals surface area contributed by atoms with Gasteiger partial charge >= 0.3 is 0 Å². The Labute approximate surface area is 181 Å². The van der Waals surface area contributed by atoms with E-state index in [2.05, 4.69) is 16.4 Å². The number of piperidine rings is 1. The highest BCUT2D eigenvalue weighted by molar-refractivity contribution is 7.11. The lowest BCUT2D eigenvalue weighted by Gasteiger charge is -2.42. The summed E-state index contributed by atoms with van der Waals surface area (Å²) < 4.78 is 5.92. The number of carbonyl (C=O) groups is 2. The Kier molecular flexibility index (Phi) is 6.37. The Hall–Kier alpha value is -2.41. The maximum Gasteiger partial charge on any atom is 0.265 e. The second kappa shape index (κ2) is 9.16. The van der Waals surface area contributed by atoms with Crippen LogP contribution in [0.4, 0.5) is 0 Å². The van der Waals surface area contributed by atoms with Crippen LogP contribution in [0.5, 0.6) is 5.75 Å². The predicted octanol–water partition coefficient (Wildman–Crippen LogP) is 3.60. The molecule has 1 aromatic heterocycles. The molecule has 2 aromatic rings. The molecule has 2 amide bonds. The van der Waals surface area contributed by atoms with E-state index in [0.717, 1.165) is 50.0 Å². The van der Waals surface area contributed by atoms with E-state index in [4.69, 9.17) is 4.74 Å². The average molecular weight is 428 g/mol. The smallest absolute Gasteiger partial charge is 0.265 e. The topological polar surface area (TPSA) is 71.5 Å². The van der Waals surface area contributed by atoms with Crippen molar-refractivity contribution in [2.45, 2.75) is 45.4 Å². The first-order chi connectivity index (χ1) is 14.6. The fourth-order valence-electron chi connectivity index (χ4n) is 4.60. The van der Waals surface area contributed by atoms with Crippen LogP contribution in [0.2, 0.25) is 0 Å². The number of carbonyl (C=O) groups excluding carboxylic acids is 2. The summed E-state index contributed by atoms with van der Waals surface area (Å²) in [4.78, 5) is 33.1. The summed E-state index contributed by atoms with van der Waals surface area (Å²) in [5, 5.41) is 3.09. The summed E-state index contributed by atoms with van der Waals surface area (Å²) in [5.74, 6) is 0.972. The van der Waals surface area contributed by atoms with Gasteiger partial charge < -0.3 is 15.0 Å². The summed E-state index contributed by atoms with van der Waals surface area (Å²) in [6, 6.07) is 8.14. The Morgan fingerprint density at radius 3 is 2.90 bits per heavy atom. The van der Waals surface area contributed by atoms with Gasteiger partial charge in [0, 0.05) is 13.1 Å². The average Bonchev–Trinajstić information content (AvgIpc) is 3.19. The molecule has 6 nitrogen and oxygen atoms in total. The number of fused-ring (bicyclic) bond motifs is 1. The minimum absolute atomic E-state index is 0.00486. The molecule has 7 heteroatoms. The molecule has 1 N–H and O–H groups in total. The second-order valence-electron chi connectivity index (χ2n) is 8.30. The van der Waals surface area contributed by atoms with Crippen LogP contribution in [-0.4, -0.2) is 47.9 Å². The number of amides is 2. The molecule has 1 saturated heterocycles. The molecular formula is C23H29N3O3S. The van der Waals surface area contributed by atoms with Gasteiger partial charge in [-0.25, -0.2) is 4.98 Å². The van der Waals surface area contributed by atoms with Crippen LogP contribution in [0.15, 0.2) is 29.8 Å². The van der Waals surface area contributed by atoms with Crippen molar-refractivity contribution in [2.24, 2.45) is 5.41 Å². The highest BCUT2D eigenvalue weighted by atomic mass is 32.1. The normalized spacial score (nSPS) is 23.0. The number of nitrogens with one attached hydrogen (secondary N) is 1. The van der Waals surface area contributed by atoms with Gasteiger partial charge in [0.15, 0.2) is 0 Å². The number of hydrogen-bond donors (Lipinski definition) is 1. The summed E-state index contributed by atoms with van der Waals surface area (Å²) in [6.07, 6.45) is 5.35. The predicted molar refractivity (Wildman–Crippen MR) is 117 cm³/mol. The van der Waals surface area contributed by atoms with Crippen LogP contribution < -0.4 is 10.1 Å². The van der Waals surface area contributed by atoms with Crippen molar-refractivity contribution in [3.05, 3.63) is 45.9 Å². The van der Waals surface area contributed by atoms with Gasteiger partial charge in [0.2, 0.25) is 5.91 Å². The van der Waals surface area contributed by atoms with Crippen LogP contribution in [0, 0.1) is 12.3 Å². The van der Waals surface area contributed by atoms with E-state index in [-0.39, 0.29) is 11.8 Å². The fraction of sp³-hybridized carbons (Fsp3) is 0.522. The number of likely N-dealkylation sites (tertiary alicyclic amines) is 1. The van der Waals surface area contributed by atoms with E-state index in [9.17, 15) is 9.59 Å². The number of hydrogen-bond acceptors (Lipinski definition) is 5. The molecule has 3 heterocycles. The quantitative estimate of drug-likeness (QED) is 0.755. The molecule has 0 saturated carbocycles. The van der Waals surface area contributed by atoms with Crippen molar-refractivity contribution in [3.8, 4) is 5.75 Å². The summed E-state index contributed by atoms with van der Waals surface area (Å²) in [5.41, 5.74) is 3.18. The molecule has 2 aliphatic rings. The molecule has 1 fully saturated rings. The molecule has 2 aliphatic heterocycles. The van der Waals surface area contributed by atoms with Crippen molar-refractivity contribution in [1.82, 2.24) is 15.2 Å². The van der Waals surface area contributed by atoms with E-state index in [1.165, 1.54) is 16.9 Å². The first-order valence-electron chi connectivity index (χ1n) is 10.8. The van der Waals surface area contributed by atoms with Gasteiger partial charge in [-0.1, -0.05) is 24.6 Å². The number of benzene rings is 1. The lowest BCUT2D eigenvalue weighted by atomic mass is 9.74. The maximum absolute atomic E-state index is 13.3. The van der Waals surface area contributed by atoms with Gasteiger partial charge in [-0.3, -0.25) is 9.59 Å². The third-order valence-corrected chi connectivity index (χ3v) is 7.17. The van der Waals surface area contributed by atoms with Gasteiger partial charge in [0.05, 0.1) is 23.2 Å². The number of nitrogens with zero attached hydrogens (tertiary/aromatic N) is 2. The zero-order valence-electron chi connectivity index (χ0n) is 17.5. The monoisotopic (exact) mass is 427 g/mol. The van der Waals surface area contributed by atoms with Gasteiger partial charge in [-0.05, 0) is 50.7 Å². The second-order valence-corrected chi connectivity index (χ2v) is 9.15. The Morgan fingerprint density at radius 1 is 1.23 bits per heavy atom. The minimum atomic E-state index is -0.523. The van der Waals surface area contributed by atoms with Crippen LogP contribution in [0.25, 0.3) is 0 Å². The van der Waals surface area contributed by atoms with Crippen LogP contribution in [0.3, 0.4) is 0 Å². The highest BCUT2D eigenvalue weighted by Crippen LogP contribution is 2.37. The molecular weight excluding hydrogens is 398 g/mol. The first kappa shape index (κ1) is 20.8. The van der Waals surface area contributed by atoms with Gasteiger partial charge in [0.1, 0.15) is 17.2 Å². The molecule has 4 rings (SSSR count). The maximum atomic E-state index is 13.3. The van der Waals surface area contributed by atoms with E-state index in [1.54, 1.807) is 5.51 Å². The minimum Gasteiger partial charge on any atom is -0.491 e. The third kappa shape index (κ3) is 4.36. The van der Waals surface area contributed by atoms with E-state index in [1.807, 2.05) is 30.0 Å². The van der Waals surface area contributed by atoms with Crippen molar-refractivity contribution < 1.29 is 14.3 Å². The van der Waals surface area contributed by atoms with Gasteiger partial charge in [-0.2, -0.15) is 0 Å². The Morgan fingerprint density at radius 2 is 2.07 bits per heavy atom. The van der Waals surface area contributed by atoms with Crippen LogP contribution in [0.1, 0.15) is 53.0 Å². The molecule has 1 unspecified atom stereocenters. The van der Waals surface area contributed by atoms with E-state index < -0.39 is 5.41 Å².